The summed E-state index contributed by atoms with van der Waals surface area (Å²) in [5, 5.41) is 21.6. The van der Waals surface area contributed by atoms with Crippen molar-refractivity contribution in [3.63, 3.8) is 0 Å². The highest BCUT2D eigenvalue weighted by molar-refractivity contribution is 6.09. The summed E-state index contributed by atoms with van der Waals surface area (Å²) in [7, 11) is 0. The number of hydrogen-bond donors (Lipinski definition) is 2. The van der Waals surface area contributed by atoms with Crippen LogP contribution in [0.4, 0.5) is 10.1 Å². The van der Waals surface area contributed by atoms with Gasteiger partial charge in [0.2, 0.25) is 0 Å². The third-order valence-electron chi connectivity index (χ3n) is 5.67. The Labute approximate surface area is 208 Å². The summed E-state index contributed by atoms with van der Waals surface area (Å²) < 4.78 is 20.9. The Morgan fingerprint density at radius 2 is 1.72 bits per heavy atom. The first-order chi connectivity index (χ1) is 17.3. The van der Waals surface area contributed by atoms with E-state index in [0.29, 0.717) is 18.0 Å². The lowest BCUT2D eigenvalue weighted by Gasteiger charge is -2.12. The van der Waals surface area contributed by atoms with Crippen LogP contribution in [0.3, 0.4) is 0 Å². The number of nitrogens with one attached hydrogen (secondary N) is 1. The van der Waals surface area contributed by atoms with Crippen molar-refractivity contribution >= 4 is 17.7 Å². The maximum atomic E-state index is 13.1. The van der Waals surface area contributed by atoms with Crippen LogP contribution in [0, 0.1) is 31.0 Å². The van der Waals surface area contributed by atoms with Crippen LogP contribution in [0.5, 0.6) is 11.5 Å². The molecule has 0 spiro atoms. The fraction of sp³-hybridized carbons (Fsp3) is 0.103. The molecule has 0 bridgehead atoms. The smallest absolute Gasteiger partial charge is 0.266 e. The van der Waals surface area contributed by atoms with Crippen LogP contribution in [0.2, 0.25) is 0 Å². The third kappa shape index (κ3) is 5.62. The Morgan fingerprint density at radius 1 is 1.06 bits per heavy atom. The van der Waals surface area contributed by atoms with Crippen molar-refractivity contribution in [2.75, 3.05) is 5.32 Å². The van der Waals surface area contributed by atoms with E-state index in [1.165, 1.54) is 24.3 Å². The van der Waals surface area contributed by atoms with E-state index in [0.717, 1.165) is 28.2 Å². The van der Waals surface area contributed by atoms with E-state index < -0.39 is 5.91 Å². The van der Waals surface area contributed by atoms with Gasteiger partial charge in [0.05, 0.1) is 0 Å². The number of aromatic nitrogens is 1. The maximum Gasteiger partial charge on any atom is 0.266 e. The van der Waals surface area contributed by atoms with E-state index in [1.807, 2.05) is 54.8 Å². The zero-order chi connectivity index (χ0) is 25.7. The Bertz CT molecular complexity index is 1450. The first kappa shape index (κ1) is 24.3. The molecule has 4 rings (SSSR count). The molecule has 1 amide bonds. The van der Waals surface area contributed by atoms with Gasteiger partial charge in [0.1, 0.15) is 35.6 Å². The van der Waals surface area contributed by atoms with Crippen LogP contribution in [-0.4, -0.2) is 15.6 Å². The summed E-state index contributed by atoms with van der Waals surface area (Å²) >= 11 is 0. The molecular weight excluding hydrogens is 457 g/mol. The molecular formula is C29H24FN3O3. The number of rotatable bonds is 7. The highest BCUT2D eigenvalue weighted by Gasteiger charge is 2.14. The number of nitriles is 1. The van der Waals surface area contributed by atoms with Gasteiger partial charge in [0, 0.05) is 22.8 Å². The second-order valence-corrected chi connectivity index (χ2v) is 8.24. The molecule has 0 saturated carbocycles. The molecule has 0 radical (unpaired) electrons. The number of aromatic hydroxyl groups is 1. The number of phenolic OH excluding ortho intramolecular Hbond substituents is 1. The highest BCUT2D eigenvalue weighted by atomic mass is 19.1. The number of halogens is 1. The van der Waals surface area contributed by atoms with Crippen molar-refractivity contribution in [2.45, 2.75) is 20.5 Å². The second-order valence-electron chi connectivity index (χ2n) is 8.24. The van der Waals surface area contributed by atoms with E-state index in [4.69, 9.17) is 4.74 Å². The van der Waals surface area contributed by atoms with Crippen molar-refractivity contribution in [3.8, 4) is 23.3 Å². The van der Waals surface area contributed by atoms with E-state index in [-0.39, 0.29) is 17.1 Å². The standard InChI is InChI=1S/C29H24FN3O3/c1-19-15-22(16-23(17-31)29(35)32-25-7-11-27(34)12-8-25)20(2)33(19)26-9-13-28(14-10-26)36-18-21-3-5-24(30)6-4-21/h3-16,34H,18H2,1-2H3,(H,32,35)/b23-16-. The number of nitrogens with zero attached hydrogens (tertiary/aromatic N) is 2. The Balaban J connectivity index is 1.50. The van der Waals surface area contributed by atoms with Gasteiger partial charge in [-0.1, -0.05) is 12.1 Å². The van der Waals surface area contributed by atoms with Crippen LogP contribution in [0.1, 0.15) is 22.5 Å². The fourth-order valence-electron chi connectivity index (χ4n) is 3.82. The number of anilines is 1. The van der Waals surface area contributed by atoms with Gasteiger partial charge in [0.15, 0.2) is 0 Å². The van der Waals surface area contributed by atoms with E-state index in [2.05, 4.69) is 5.32 Å². The number of carbonyl (C=O) groups is 1. The normalized spacial score (nSPS) is 11.1. The average Bonchev–Trinajstić information content (AvgIpc) is 3.16. The number of benzene rings is 3. The number of phenols is 1. The lowest BCUT2D eigenvalue weighted by Crippen LogP contribution is -2.13. The topological polar surface area (TPSA) is 87.3 Å². The predicted octanol–water partition coefficient (Wildman–Crippen LogP) is 6.06. The number of carbonyl (C=O) groups excluding carboxylic acids is 1. The molecule has 0 atom stereocenters. The summed E-state index contributed by atoms with van der Waals surface area (Å²) in [6, 6.07) is 23.7. The number of amides is 1. The monoisotopic (exact) mass is 481 g/mol. The summed E-state index contributed by atoms with van der Waals surface area (Å²) in [4.78, 5) is 12.6. The van der Waals surface area contributed by atoms with Crippen molar-refractivity contribution in [2.24, 2.45) is 0 Å². The van der Waals surface area contributed by atoms with Crippen molar-refractivity contribution in [1.82, 2.24) is 4.57 Å². The molecule has 7 heteroatoms. The van der Waals surface area contributed by atoms with Crippen molar-refractivity contribution in [3.05, 3.63) is 113 Å². The van der Waals surface area contributed by atoms with Gasteiger partial charge >= 0.3 is 0 Å². The van der Waals surface area contributed by atoms with Gasteiger partial charge in [-0.15, -0.1) is 0 Å². The molecule has 6 nitrogen and oxygen atoms in total. The van der Waals surface area contributed by atoms with E-state index in [9.17, 15) is 19.6 Å². The number of aryl methyl sites for hydroxylation is 1. The quantitative estimate of drug-likeness (QED) is 0.191. The predicted molar refractivity (Wildman–Crippen MR) is 136 cm³/mol. The SMILES string of the molecule is Cc1cc(/C=C(/C#N)C(=O)Nc2ccc(O)cc2)c(C)n1-c1ccc(OCc2ccc(F)cc2)cc1. The average molecular weight is 482 g/mol. The molecule has 0 fully saturated rings. The maximum absolute atomic E-state index is 13.1. The van der Waals surface area contributed by atoms with Crippen LogP contribution in [0.25, 0.3) is 11.8 Å². The van der Waals surface area contributed by atoms with Gasteiger partial charge < -0.3 is 19.7 Å². The molecule has 0 aliphatic carbocycles. The molecule has 2 N–H and O–H groups in total. The lowest BCUT2D eigenvalue weighted by atomic mass is 10.1. The summed E-state index contributed by atoms with van der Waals surface area (Å²) in [6.45, 7) is 4.20. The molecule has 36 heavy (non-hydrogen) atoms. The summed E-state index contributed by atoms with van der Waals surface area (Å²) in [6.07, 6.45) is 1.56. The molecule has 0 aliphatic rings. The first-order valence-corrected chi connectivity index (χ1v) is 11.2. The first-order valence-electron chi connectivity index (χ1n) is 11.2. The van der Waals surface area contributed by atoms with Crippen LogP contribution in [-0.2, 0) is 11.4 Å². The summed E-state index contributed by atoms with van der Waals surface area (Å²) in [5.74, 6) is -0.0439. The molecule has 0 unspecified atom stereocenters. The van der Waals surface area contributed by atoms with Gasteiger partial charge in [-0.25, -0.2) is 4.39 Å². The van der Waals surface area contributed by atoms with Crippen LogP contribution in [0.15, 0.2) is 84.4 Å². The largest absolute Gasteiger partial charge is 0.508 e. The highest BCUT2D eigenvalue weighted by Crippen LogP contribution is 2.25. The molecule has 1 aromatic heterocycles. The van der Waals surface area contributed by atoms with Gasteiger partial charge in [0.25, 0.3) is 5.91 Å². The van der Waals surface area contributed by atoms with E-state index in [1.54, 1.807) is 30.3 Å². The van der Waals surface area contributed by atoms with Gasteiger partial charge in [-0.2, -0.15) is 5.26 Å². The van der Waals surface area contributed by atoms with Crippen LogP contribution < -0.4 is 10.1 Å². The fourth-order valence-corrected chi connectivity index (χ4v) is 3.82. The van der Waals surface area contributed by atoms with Crippen molar-refractivity contribution in [1.29, 1.82) is 5.26 Å². The minimum Gasteiger partial charge on any atom is -0.508 e. The lowest BCUT2D eigenvalue weighted by molar-refractivity contribution is -0.112. The molecule has 0 saturated heterocycles. The van der Waals surface area contributed by atoms with Crippen LogP contribution >= 0.6 is 0 Å². The van der Waals surface area contributed by atoms with Gasteiger partial charge in [-0.05, 0) is 97.8 Å². The number of ether oxygens (including phenoxy) is 1. The Morgan fingerprint density at radius 3 is 2.36 bits per heavy atom. The molecule has 4 aromatic rings. The Kier molecular flexibility index (Phi) is 7.17. The third-order valence-corrected chi connectivity index (χ3v) is 5.67. The minimum atomic E-state index is -0.532. The van der Waals surface area contributed by atoms with Gasteiger partial charge in [-0.3, -0.25) is 4.79 Å². The van der Waals surface area contributed by atoms with E-state index >= 15 is 0 Å². The number of hydrogen-bond acceptors (Lipinski definition) is 4. The molecule has 0 aliphatic heterocycles. The second kappa shape index (κ2) is 10.6. The zero-order valence-electron chi connectivity index (χ0n) is 19.8. The Hall–Kier alpha value is -4.83. The minimum absolute atomic E-state index is 0.0344. The van der Waals surface area contributed by atoms with Crippen molar-refractivity contribution < 1.29 is 19.0 Å². The molecule has 180 valence electrons. The molecule has 1 heterocycles. The molecule has 3 aromatic carbocycles. The summed E-state index contributed by atoms with van der Waals surface area (Å²) in [5.41, 5.74) is 4.79. The zero-order valence-corrected chi connectivity index (χ0v) is 19.8.